The summed E-state index contributed by atoms with van der Waals surface area (Å²) in [4.78, 5) is 19.3. The standard InChI is InChI=1S/C16H24N4O/c1-10-8-9-20(13-5-3-2-4-12(10)13)16(21)15-17-14(18-19-15)11-6-7-11/h10-13H,2-9H2,1H3,(H,17,18,19). The van der Waals surface area contributed by atoms with E-state index in [1.165, 1.54) is 32.1 Å². The molecular formula is C16H24N4O. The zero-order valence-corrected chi connectivity index (χ0v) is 12.7. The Kier molecular flexibility index (Phi) is 3.23. The molecule has 1 saturated heterocycles. The molecule has 1 aromatic rings. The SMILES string of the molecule is CC1CCN(C(=O)c2n[nH]c(C3CC3)n2)C2CCCCC12. The minimum absolute atomic E-state index is 0.0435. The first kappa shape index (κ1) is 13.3. The molecule has 2 heterocycles. The summed E-state index contributed by atoms with van der Waals surface area (Å²) < 4.78 is 0. The molecule has 3 atom stereocenters. The molecule has 21 heavy (non-hydrogen) atoms. The highest BCUT2D eigenvalue weighted by Gasteiger charge is 2.40. The van der Waals surface area contributed by atoms with Gasteiger partial charge in [-0.05, 0) is 43.9 Å². The van der Waals surface area contributed by atoms with Crippen LogP contribution in [0.3, 0.4) is 0 Å². The molecule has 0 radical (unpaired) electrons. The second-order valence-corrected chi connectivity index (χ2v) is 7.10. The van der Waals surface area contributed by atoms with Crippen LogP contribution in [0.2, 0.25) is 0 Å². The van der Waals surface area contributed by atoms with Crippen LogP contribution in [-0.4, -0.2) is 38.6 Å². The Morgan fingerprint density at radius 3 is 2.81 bits per heavy atom. The molecule has 3 unspecified atom stereocenters. The van der Waals surface area contributed by atoms with Gasteiger partial charge in [0.15, 0.2) is 0 Å². The summed E-state index contributed by atoms with van der Waals surface area (Å²) in [6, 6.07) is 0.415. The highest BCUT2D eigenvalue weighted by Crippen LogP contribution is 2.40. The van der Waals surface area contributed by atoms with Gasteiger partial charge < -0.3 is 4.90 Å². The van der Waals surface area contributed by atoms with Crippen LogP contribution in [0.5, 0.6) is 0 Å². The van der Waals surface area contributed by atoms with E-state index in [-0.39, 0.29) is 5.91 Å². The highest BCUT2D eigenvalue weighted by molar-refractivity contribution is 5.90. The van der Waals surface area contributed by atoms with Crippen LogP contribution in [0.15, 0.2) is 0 Å². The number of carbonyl (C=O) groups is 1. The van der Waals surface area contributed by atoms with Crippen molar-refractivity contribution in [2.45, 2.75) is 63.8 Å². The first-order chi connectivity index (χ1) is 10.2. The van der Waals surface area contributed by atoms with Gasteiger partial charge >= 0.3 is 0 Å². The number of amides is 1. The predicted octanol–water partition coefficient (Wildman–Crippen LogP) is 2.72. The molecule has 0 spiro atoms. The third-order valence-electron chi connectivity index (χ3n) is 5.66. The van der Waals surface area contributed by atoms with E-state index in [1.54, 1.807) is 0 Å². The minimum Gasteiger partial charge on any atom is -0.333 e. The maximum absolute atomic E-state index is 12.8. The molecule has 1 aliphatic heterocycles. The van der Waals surface area contributed by atoms with Crippen LogP contribution < -0.4 is 0 Å². The number of hydrogen-bond acceptors (Lipinski definition) is 3. The monoisotopic (exact) mass is 288 g/mol. The highest BCUT2D eigenvalue weighted by atomic mass is 16.2. The fraction of sp³-hybridized carbons (Fsp3) is 0.812. The van der Waals surface area contributed by atoms with E-state index in [4.69, 9.17) is 0 Å². The molecule has 2 aliphatic carbocycles. The summed E-state index contributed by atoms with van der Waals surface area (Å²) in [7, 11) is 0. The third kappa shape index (κ3) is 2.36. The Bertz CT molecular complexity index is 536. The van der Waals surface area contributed by atoms with E-state index < -0.39 is 0 Å². The van der Waals surface area contributed by atoms with Crippen molar-refractivity contribution in [2.75, 3.05) is 6.54 Å². The van der Waals surface area contributed by atoms with Crippen molar-refractivity contribution in [3.05, 3.63) is 11.6 Å². The summed E-state index contributed by atoms with van der Waals surface area (Å²) in [5, 5.41) is 7.14. The topological polar surface area (TPSA) is 61.9 Å². The number of likely N-dealkylation sites (tertiary alicyclic amines) is 1. The van der Waals surface area contributed by atoms with E-state index in [9.17, 15) is 4.79 Å². The van der Waals surface area contributed by atoms with Gasteiger partial charge in [-0.1, -0.05) is 19.8 Å². The Hall–Kier alpha value is -1.39. The summed E-state index contributed by atoms with van der Waals surface area (Å²) in [6.07, 6.45) is 8.47. The van der Waals surface area contributed by atoms with Crippen molar-refractivity contribution in [2.24, 2.45) is 11.8 Å². The molecule has 2 saturated carbocycles. The normalized spacial score (nSPS) is 32.8. The number of rotatable bonds is 2. The number of carbonyl (C=O) groups excluding carboxylic acids is 1. The van der Waals surface area contributed by atoms with Crippen LogP contribution in [0, 0.1) is 11.8 Å². The largest absolute Gasteiger partial charge is 0.333 e. The van der Waals surface area contributed by atoms with Crippen LogP contribution in [0.1, 0.15) is 74.2 Å². The number of piperidine rings is 1. The maximum atomic E-state index is 12.8. The molecule has 4 rings (SSSR count). The van der Waals surface area contributed by atoms with Crippen molar-refractivity contribution >= 4 is 5.91 Å². The molecule has 114 valence electrons. The molecule has 1 aromatic heterocycles. The Morgan fingerprint density at radius 2 is 2.00 bits per heavy atom. The Morgan fingerprint density at radius 1 is 1.19 bits per heavy atom. The summed E-state index contributed by atoms with van der Waals surface area (Å²) in [6.45, 7) is 3.22. The zero-order chi connectivity index (χ0) is 14.4. The van der Waals surface area contributed by atoms with Crippen molar-refractivity contribution in [3.8, 4) is 0 Å². The van der Waals surface area contributed by atoms with Crippen molar-refractivity contribution in [1.29, 1.82) is 0 Å². The number of nitrogens with zero attached hydrogens (tertiary/aromatic N) is 3. The molecule has 3 fully saturated rings. The molecule has 0 aromatic carbocycles. The van der Waals surface area contributed by atoms with Gasteiger partial charge in [-0.25, -0.2) is 4.98 Å². The number of aromatic nitrogens is 3. The molecular weight excluding hydrogens is 264 g/mol. The van der Waals surface area contributed by atoms with Gasteiger partial charge in [-0.2, -0.15) is 0 Å². The fourth-order valence-corrected chi connectivity index (χ4v) is 4.20. The second-order valence-electron chi connectivity index (χ2n) is 7.10. The predicted molar refractivity (Wildman–Crippen MR) is 78.9 cm³/mol. The van der Waals surface area contributed by atoms with Crippen molar-refractivity contribution in [3.63, 3.8) is 0 Å². The van der Waals surface area contributed by atoms with Gasteiger partial charge in [-0.15, -0.1) is 5.10 Å². The van der Waals surface area contributed by atoms with Crippen LogP contribution in [-0.2, 0) is 0 Å². The van der Waals surface area contributed by atoms with Gasteiger partial charge in [0.05, 0.1) is 0 Å². The van der Waals surface area contributed by atoms with Crippen LogP contribution >= 0.6 is 0 Å². The molecule has 3 aliphatic rings. The lowest BCUT2D eigenvalue weighted by Crippen LogP contribution is -2.52. The number of H-pyrrole nitrogens is 1. The minimum atomic E-state index is 0.0435. The second kappa shape index (κ2) is 5.11. The molecule has 0 bridgehead atoms. The first-order valence-electron chi connectivity index (χ1n) is 8.47. The average molecular weight is 288 g/mol. The van der Waals surface area contributed by atoms with E-state index in [0.717, 1.165) is 31.1 Å². The lowest BCUT2D eigenvalue weighted by molar-refractivity contribution is 0.0208. The fourth-order valence-electron chi connectivity index (χ4n) is 4.20. The van der Waals surface area contributed by atoms with E-state index in [0.29, 0.717) is 23.7 Å². The van der Waals surface area contributed by atoms with Gasteiger partial charge in [0.1, 0.15) is 5.82 Å². The number of fused-ring (bicyclic) bond motifs is 1. The van der Waals surface area contributed by atoms with Gasteiger partial charge in [0.2, 0.25) is 5.82 Å². The summed E-state index contributed by atoms with van der Waals surface area (Å²) in [5.74, 6) is 3.27. The van der Waals surface area contributed by atoms with Gasteiger partial charge in [0, 0.05) is 18.5 Å². The van der Waals surface area contributed by atoms with Crippen molar-refractivity contribution < 1.29 is 4.79 Å². The Balaban J connectivity index is 1.54. The molecule has 1 amide bonds. The quantitative estimate of drug-likeness (QED) is 0.910. The summed E-state index contributed by atoms with van der Waals surface area (Å²) in [5.41, 5.74) is 0. The zero-order valence-electron chi connectivity index (χ0n) is 12.7. The van der Waals surface area contributed by atoms with E-state index in [2.05, 4.69) is 27.0 Å². The smallest absolute Gasteiger partial charge is 0.293 e. The van der Waals surface area contributed by atoms with Gasteiger partial charge in [0.25, 0.3) is 5.91 Å². The number of hydrogen-bond donors (Lipinski definition) is 1. The lowest BCUT2D eigenvalue weighted by atomic mass is 9.72. The van der Waals surface area contributed by atoms with E-state index >= 15 is 0 Å². The average Bonchev–Trinajstić information content (AvgIpc) is 3.25. The molecule has 5 heteroatoms. The molecule has 5 nitrogen and oxygen atoms in total. The molecule has 1 N–H and O–H groups in total. The van der Waals surface area contributed by atoms with E-state index in [1.807, 2.05) is 0 Å². The number of nitrogens with one attached hydrogen (secondary N) is 1. The first-order valence-corrected chi connectivity index (χ1v) is 8.47. The van der Waals surface area contributed by atoms with Crippen LogP contribution in [0.25, 0.3) is 0 Å². The van der Waals surface area contributed by atoms with Gasteiger partial charge in [-0.3, -0.25) is 9.89 Å². The number of aromatic amines is 1. The van der Waals surface area contributed by atoms with Crippen LogP contribution in [0.4, 0.5) is 0 Å². The Labute approximate surface area is 125 Å². The van der Waals surface area contributed by atoms with Crippen molar-refractivity contribution in [1.82, 2.24) is 20.1 Å². The lowest BCUT2D eigenvalue weighted by Gasteiger charge is -2.46. The third-order valence-corrected chi connectivity index (χ3v) is 5.66. The maximum Gasteiger partial charge on any atom is 0.293 e. The summed E-state index contributed by atoms with van der Waals surface area (Å²) >= 11 is 0.